The van der Waals surface area contributed by atoms with E-state index in [0.717, 1.165) is 55.3 Å². The van der Waals surface area contributed by atoms with Crippen LogP contribution < -0.4 is 0 Å². The third-order valence-corrected chi connectivity index (χ3v) is 5.08. The van der Waals surface area contributed by atoms with Gasteiger partial charge in [0, 0.05) is 18.1 Å². The van der Waals surface area contributed by atoms with E-state index in [1.807, 2.05) is 18.2 Å². The van der Waals surface area contributed by atoms with E-state index in [9.17, 15) is 4.79 Å². The van der Waals surface area contributed by atoms with Gasteiger partial charge in [0.05, 0.1) is 5.41 Å². The number of likely N-dealkylation sites (tertiary alicyclic amines) is 1. The zero-order chi connectivity index (χ0) is 14.2. The van der Waals surface area contributed by atoms with Crippen LogP contribution in [0.15, 0.2) is 24.3 Å². The quantitative estimate of drug-likeness (QED) is 0.806. The Morgan fingerprint density at radius 1 is 1.30 bits per heavy atom. The van der Waals surface area contributed by atoms with E-state index in [2.05, 4.69) is 17.9 Å². The van der Waals surface area contributed by atoms with E-state index in [1.54, 1.807) is 0 Å². The number of amides is 1. The molecule has 0 aromatic heterocycles. The number of nitrogens with zero attached hydrogens (tertiary/aromatic N) is 1. The van der Waals surface area contributed by atoms with Gasteiger partial charge in [-0.15, -0.1) is 0 Å². The second-order valence-corrected chi connectivity index (χ2v) is 6.86. The second-order valence-electron chi connectivity index (χ2n) is 6.42. The Hall–Kier alpha value is -1.02. The van der Waals surface area contributed by atoms with Crippen LogP contribution >= 0.6 is 11.6 Å². The fourth-order valence-electron chi connectivity index (χ4n) is 3.31. The Morgan fingerprint density at radius 3 is 2.80 bits per heavy atom. The molecule has 3 heteroatoms. The van der Waals surface area contributed by atoms with Gasteiger partial charge in [0.1, 0.15) is 0 Å². The number of rotatable bonds is 2. The van der Waals surface area contributed by atoms with Crippen LogP contribution in [0.1, 0.15) is 44.6 Å². The van der Waals surface area contributed by atoms with Gasteiger partial charge in [0.15, 0.2) is 0 Å². The Balaban J connectivity index is 1.79. The molecule has 1 amide bonds. The third kappa shape index (κ3) is 2.58. The number of carbonyl (C=O) groups is 1. The van der Waals surface area contributed by atoms with Crippen LogP contribution in [0.25, 0.3) is 0 Å². The zero-order valence-corrected chi connectivity index (χ0v) is 12.8. The molecule has 0 radical (unpaired) electrons. The van der Waals surface area contributed by atoms with Crippen molar-refractivity contribution in [1.29, 1.82) is 0 Å². The first-order valence-electron chi connectivity index (χ1n) is 7.67. The van der Waals surface area contributed by atoms with Crippen LogP contribution in [0.2, 0.25) is 5.02 Å². The van der Waals surface area contributed by atoms with Crippen LogP contribution in [0, 0.1) is 5.92 Å². The molecular weight excluding hydrogens is 270 g/mol. The molecule has 3 rings (SSSR count). The molecule has 0 spiro atoms. The summed E-state index contributed by atoms with van der Waals surface area (Å²) in [7, 11) is 0. The van der Waals surface area contributed by atoms with E-state index in [-0.39, 0.29) is 5.41 Å². The van der Waals surface area contributed by atoms with E-state index in [4.69, 9.17) is 11.6 Å². The molecule has 0 bridgehead atoms. The summed E-state index contributed by atoms with van der Waals surface area (Å²) in [6.07, 6.45) is 5.46. The maximum atomic E-state index is 12.9. The van der Waals surface area contributed by atoms with Gasteiger partial charge in [-0.05, 0) is 55.7 Å². The van der Waals surface area contributed by atoms with E-state index < -0.39 is 0 Å². The minimum absolute atomic E-state index is 0.265. The van der Waals surface area contributed by atoms with Gasteiger partial charge in [0.25, 0.3) is 0 Å². The van der Waals surface area contributed by atoms with Crippen molar-refractivity contribution < 1.29 is 4.79 Å². The fourth-order valence-corrected chi connectivity index (χ4v) is 3.50. The molecule has 2 fully saturated rings. The van der Waals surface area contributed by atoms with E-state index in [0.29, 0.717) is 5.91 Å². The molecule has 1 aliphatic carbocycles. The molecule has 1 saturated heterocycles. The van der Waals surface area contributed by atoms with Crippen molar-refractivity contribution in [3.8, 4) is 0 Å². The van der Waals surface area contributed by atoms with Crippen molar-refractivity contribution in [3.05, 3.63) is 34.9 Å². The first kappa shape index (κ1) is 13.9. The highest BCUT2D eigenvalue weighted by atomic mass is 35.5. The molecule has 20 heavy (non-hydrogen) atoms. The summed E-state index contributed by atoms with van der Waals surface area (Å²) in [4.78, 5) is 15.0. The van der Waals surface area contributed by atoms with Gasteiger partial charge in [-0.25, -0.2) is 0 Å². The molecule has 1 aromatic rings. The highest BCUT2D eigenvalue weighted by molar-refractivity contribution is 6.30. The normalized spacial score (nSPS) is 25.1. The minimum atomic E-state index is -0.265. The van der Waals surface area contributed by atoms with Crippen LogP contribution in [-0.4, -0.2) is 23.9 Å². The number of hydrogen-bond acceptors (Lipinski definition) is 1. The molecule has 1 atom stereocenters. The molecule has 1 heterocycles. The molecular formula is C17H22ClNO. The van der Waals surface area contributed by atoms with Crippen molar-refractivity contribution in [2.45, 2.75) is 44.4 Å². The molecule has 2 aliphatic rings. The Labute approximate surface area is 126 Å². The number of hydrogen-bond donors (Lipinski definition) is 0. The molecule has 1 aliphatic heterocycles. The number of carbonyl (C=O) groups excluding carboxylic acids is 1. The first-order chi connectivity index (χ1) is 9.62. The lowest BCUT2D eigenvalue weighted by molar-refractivity contribution is -0.133. The maximum absolute atomic E-state index is 12.9. The summed E-state index contributed by atoms with van der Waals surface area (Å²) in [6.45, 7) is 4.13. The molecule has 1 saturated carbocycles. The minimum Gasteiger partial charge on any atom is -0.342 e. The first-order valence-corrected chi connectivity index (χ1v) is 8.05. The largest absolute Gasteiger partial charge is 0.342 e. The summed E-state index contributed by atoms with van der Waals surface area (Å²) in [5.74, 6) is 1.07. The fraction of sp³-hybridized carbons (Fsp3) is 0.588. The van der Waals surface area contributed by atoms with Gasteiger partial charge in [-0.2, -0.15) is 0 Å². The average Bonchev–Trinajstić information content (AvgIpc) is 3.23. The highest BCUT2D eigenvalue weighted by Crippen LogP contribution is 2.50. The highest BCUT2D eigenvalue weighted by Gasteiger charge is 2.53. The number of benzene rings is 1. The third-order valence-electron chi connectivity index (χ3n) is 4.84. The summed E-state index contributed by atoms with van der Waals surface area (Å²) < 4.78 is 0. The SMILES string of the molecule is C[C@H]1CCCN(C(=O)C2(c3cccc(Cl)c3)CC2)CC1. The molecule has 0 N–H and O–H groups in total. The zero-order valence-electron chi connectivity index (χ0n) is 12.1. The van der Waals surface area contributed by atoms with E-state index >= 15 is 0 Å². The van der Waals surface area contributed by atoms with Crippen LogP contribution in [0.3, 0.4) is 0 Å². The van der Waals surface area contributed by atoms with Crippen molar-refractivity contribution in [2.24, 2.45) is 5.92 Å². The molecule has 2 nitrogen and oxygen atoms in total. The van der Waals surface area contributed by atoms with E-state index in [1.165, 1.54) is 6.42 Å². The van der Waals surface area contributed by atoms with Gasteiger partial charge in [-0.1, -0.05) is 30.7 Å². The van der Waals surface area contributed by atoms with Crippen LogP contribution in [-0.2, 0) is 10.2 Å². The van der Waals surface area contributed by atoms with Crippen molar-refractivity contribution in [1.82, 2.24) is 4.90 Å². The topological polar surface area (TPSA) is 20.3 Å². The summed E-state index contributed by atoms with van der Waals surface area (Å²) in [5.41, 5.74) is 0.839. The van der Waals surface area contributed by atoms with Crippen LogP contribution in [0.4, 0.5) is 0 Å². The van der Waals surface area contributed by atoms with Gasteiger partial charge < -0.3 is 4.90 Å². The smallest absolute Gasteiger partial charge is 0.233 e. The average molecular weight is 292 g/mol. The van der Waals surface area contributed by atoms with Crippen molar-refractivity contribution in [2.75, 3.05) is 13.1 Å². The molecule has 108 valence electrons. The maximum Gasteiger partial charge on any atom is 0.233 e. The Morgan fingerprint density at radius 2 is 2.10 bits per heavy atom. The van der Waals surface area contributed by atoms with Crippen LogP contribution in [0.5, 0.6) is 0 Å². The predicted octanol–water partition coefficient (Wildman–Crippen LogP) is 4.02. The second kappa shape index (κ2) is 5.40. The molecule has 1 aromatic carbocycles. The number of halogens is 1. The summed E-state index contributed by atoms with van der Waals surface area (Å²) >= 11 is 6.09. The summed E-state index contributed by atoms with van der Waals surface area (Å²) in [6, 6.07) is 7.85. The van der Waals surface area contributed by atoms with Gasteiger partial charge in [0.2, 0.25) is 5.91 Å². The molecule has 0 unspecified atom stereocenters. The monoisotopic (exact) mass is 291 g/mol. The van der Waals surface area contributed by atoms with Gasteiger partial charge in [-0.3, -0.25) is 4.79 Å². The Kier molecular flexibility index (Phi) is 3.76. The lowest BCUT2D eigenvalue weighted by atomic mass is 9.94. The predicted molar refractivity (Wildman–Crippen MR) is 82.0 cm³/mol. The standard InChI is InChI=1S/C17H22ClNO/c1-13-4-3-10-19(11-7-13)16(20)17(8-9-17)14-5-2-6-15(18)12-14/h2,5-6,12-13H,3-4,7-11H2,1H3/t13-/m0/s1. The van der Waals surface area contributed by atoms with Crippen molar-refractivity contribution in [3.63, 3.8) is 0 Å². The Bertz CT molecular complexity index is 509. The lowest BCUT2D eigenvalue weighted by Gasteiger charge is -2.26. The van der Waals surface area contributed by atoms with Gasteiger partial charge >= 0.3 is 0 Å². The van der Waals surface area contributed by atoms with Crippen molar-refractivity contribution >= 4 is 17.5 Å². The lowest BCUT2D eigenvalue weighted by Crippen LogP contribution is -2.40. The summed E-state index contributed by atoms with van der Waals surface area (Å²) in [5, 5.41) is 0.728.